The van der Waals surface area contributed by atoms with Gasteiger partial charge in [0.1, 0.15) is 11.9 Å². The number of benzene rings is 2. The highest BCUT2D eigenvalue weighted by molar-refractivity contribution is 5.56. The Morgan fingerprint density at radius 1 is 1.11 bits per heavy atom. The standard InChI is InChI=1S/C16H15NO2/c1-19-16-9-5-3-7-13(16)15(18)11-10-12-6-2-4-8-14(12)17/h2-9,15,18H,17H2,1H3. The average molecular weight is 253 g/mol. The summed E-state index contributed by atoms with van der Waals surface area (Å²) in [5.41, 5.74) is 7.74. The fraction of sp³-hybridized carbons (Fsp3) is 0.125. The van der Waals surface area contributed by atoms with Crippen molar-refractivity contribution in [1.29, 1.82) is 0 Å². The molecule has 3 heteroatoms. The molecule has 0 aromatic heterocycles. The molecule has 0 amide bonds. The van der Waals surface area contributed by atoms with Gasteiger partial charge in [-0.25, -0.2) is 0 Å². The lowest BCUT2D eigenvalue weighted by molar-refractivity contribution is 0.232. The molecule has 1 atom stereocenters. The van der Waals surface area contributed by atoms with E-state index < -0.39 is 6.10 Å². The van der Waals surface area contributed by atoms with Crippen molar-refractivity contribution in [2.24, 2.45) is 0 Å². The molecule has 2 rings (SSSR count). The predicted octanol–water partition coefficient (Wildman–Crippen LogP) is 2.36. The van der Waals surface area contributed by atoms with Crippen LogP contribution in [-0.2, 0) is 0 Å². The quantitative estimate of drug-likeness (QED) is 0.638. The topological polar surface area (TPSA) is 55.5 Å². The summed E-state index contributed by atoms with van der Waals surface area (Å²) in [6.45, 7) is 0. The van der Waals surface area contributed by atoms with Crippen LogP contribution in [0.5, 0.6) is 5.75 Å². The Bertz CT molecular complexity index is 626. The minimum absolute atomic E-state index is 0.599. The molecule has 0 aliphatic carbocycles. The summed E-state index contributed by atoms with van der Waals surface area (Å²) in [4.78, 5) is 0. The second kappa shape index (κ2) is 5.94. The van der Waals surface area contributed by atoms with E-state index in [0.29, 0.717) is 22.6 Å². The third-order valence-electron chi connectivity index (χ3n) is 2.74. The second-order valence-electron chi connectivity index (χ2n) is 4.00. The van der Waals surface area contributed by atoms with Crippen molar-refractivity contribution < 1.29 is 9.84 Å². The van der Waals surface area contributed by atoms with E-state index in [4.69, 9.17) is 10.5 Å². The zero-order valence-electron chi connectivity index (χ0n) is 10.6. The van der Waals surface area contributed by atoms with Crippen molar-refractivity contribution in [3.8, 4) is 17.6 Å². The fourth-order valence-electron chi connectivity index (χ4n) is 1.73. The molecule has 0 radical (unpaired) electrons. The molecule has 0 saturated heterocycles. The maximum absolute atomic E-state index is 10.1. The van der Waals surface area contributed by atoms with Crippen LogP contribution < -0.4 is 10.5 Å². The number of methoxy groups -OCH3 is 1. The number of aliphatic hydroxyl groups is 1. The van der Waals surface area contributed by atoms with Crippen LogP contribution in [0.1, 0.15) is 17.2 Å². The van der Waals surface area contributed by atoms with Crippen molar-refractivity contribution in [2.75, 3.05) is 12.8 Å². The highest BCUT2D eigenvalue weighted by Gasteiger charge is 2.09. The van der Waals surface area contributed by atoms with E-state index in [0.717, 1.165) is 0 Å². The molecular weight excluding hydrogens is 238 g/mol. The molecule has 0 aliphatic heterocycles. The highest BCUT2D eigenvalue weighted by atomic mass is 16.5. The van der Waals surface area contributed by atoms with Crippen LogP contribution in [0.3, 0.4) is 0 Å². The van der Waals surface area contributed by atoms with Gasteiger partial charge in [-0.05, 0) is 18.2 Å². The summed E-state index contributed by atoms with van der Waals surface area (Å²) >= 11 is 0. The largest absolute Gasteiger partial charge is 0.496 e. The molecule has 2 aromatic carbocycles. The van der Waals surface area contributed by atoms with Crippen LogP contribution in [0, 0.1) is 11.8 Å². The monoisotopic (exact) mass is 253 g/mol. The van der Waals surface area contributed by atoms with Crippen LogP contribution in [0.4, 0.5) is 5.69 Å². The van der Waals surface area contributed by atoms with Gasteiger partial charge in [0.25, 0.3) is 0 Å². The summed E-state index contributed by atoms with van der Waals surface area (Å²) in [7, 11) is 1.56. The first-order valence-corrected chi connectivity index (χ1v) is 5.89. The second-order valence-corrected chi connectivity index (χ2v) is 4.00. The number of nitrogens with two attached hydrogens (primary N) is 1. The van der Waals surface area contributed by atoms with E-state index >= 15 is 0 Å². The van der Waals surface area contributed by atoms with Gasteiger partial charge in [-0.15, -0.1) is 0 Å². The van der Waals surface area contributed by atoms with Crippen molar-refractivity contribution in [2.45, 2.75) is 6.10 Å². The minimum Gasteiger partial charge on any atom is -0.496 e. The van der Waals surface area contributed by atoms with Crippen molar-refractivity contribution in [3.05, 3.63) is 59.7 Å². The van der Waals surface area contributed by atoms with Gasteiger partial charge in [0.05, 0.1) is 7.11 Å². The van der Waals surface area contributed by atoms with Gasteiger partial charge in [-0.1, -0.05) is 42.2 Å². The first kappa shape index (κ1) is 13.0. The molecule has 0 spiro atoms. The van der Waals surface area contributed by atoms with Gasteiger partial charge in [0.15, 0.2) is 0 Å². The Morgan fingerprint density at radius 3 is 2.53 bits per heavy atom. The highest BCUT2D eigenvalue weighted by Crippen LogP contribution is 2.24. The average Bonchev–Trinajstić information content (AvgIpc) is 2.46. The van der Waals surface area contributed by atoms with Gasteiger partial charge >= 0.3 is 0 Å². The molecule has 96 valence electrons. The lowest BCUT2D eigenvalue weighted by Crippen LogP contribution is -1.98. The lowest BCUT2D eigenvalue weighted by atomic mass is 10.1. The van der Waals surface area contributed by atoms with E-state index in [1.54, 1.807) is 25.3 Å². The third-order valence-corrected chi connectivity index (χ3v) is 2.74. The van der Waals surface area contributed by atoms with Crippen LogP contribution in [-0.4, -0.2) is 12.2 Å². The van der Waals surface area contributed by atoms with E-state index in [-0.39, 0.29) is 0 Å². The maximum atomic E-state index is 10.1. The van der Waals surface area contributed by atoms with E-state index in [2.05, 4.69) is 11.8 Å². The fourth-order valence-corrected chi connectivity index (χ4v) is 1.73. The van der Waals surface area contributed by atoms with Crippen LogP contribution in [0.15, 0.2) is 48.5 Å². The van der Waals surface area contributed by atoms with Gasteiger partial charge in [-0.3, -0.25) is 0 Å². The first-order chi connectivity index (χ1) is 9.22. The summed E-state index contributed by atoms with van der Waals surface area (Å²) < 4.78 is 5.19. The van der Waals surface area contributed by atoms with E-state index in [1.807, 2.05) is 30.3 Å². The molecule has 0 aliphatic rings. The lowest BCUT2D eigenvalue weighted by Gasteiger charge is -2.09. The summed E-state index contributed by atoms with van der Waals surface area (Å²) in [6, 6.07) is 14.5. The smallest absolute Gasteiger partial charge is 0.144 e. The minimum atomic E-state index is -0.907. The Morgan fingerprint density at radius 2 is 1.79 bits per heavy atom. The van der Waals surface area contributed by atoms with Crippen molar-refractivity contribution in [3.63, 3.8) is 0 Å². The Kier molecular flexibility index (Phi) is 4.07. The van der Waals surface area contributed by atoms with E-state index in [9.17, 15) is 5.11 Å². The summed E-state index contributed by atoms with van der Waals surface area (Å²) in [6.07, 6.45) is -0.907. The molecule has 2 aromatic rings. The van der Waals surface area contributed by atoms with Gasteiger partial charge in [-0.2, -0.15) is 0 Å². The molecule has 3 nitrogen and oxygen atoms in total. The van der Waals surface area contributed by atoms with Crippen LogP contribution >= 0.6 is 0 Å². The number of rotatable bonds is 2. The number of hydrogen-bond acceptors (Lipinski definition) is 3. The number of para-hydroxylation sites is 2. The third kappa shape index (κ3) is 3.06. The maximum Gasteiger partial charge on any atom is 0.144 e. The number of hydrogen-bond donors (Lipinski definition) is 2. The van der Waals surface area contributed by atoms with Crippen molar-refractivity contribution >= 4 is 5.69 Å². The normalized spacial score (nSPS) is 11.3. The SMILES string of the molecule is COc1ccccc1C(O)C#Cc1ccccc1N. The van der Waals surface area contributed by atoms with Crippen molar-refractivity contribution in [1.82, 2.24) is 0 Å². The summed E-state index contributed by atoms with van der Waals surface area (Å²) in [5, 5.41) is 10.1. The molecule has 0 fully saturated rings. The predicted molar refractivity (Wildman–Crippen MR) is 75.7 cm³/mol. The molecule has 0 saturated carbocycles. The Labute approximate surface area is 112 Å². The van der Waals surface area contributed by atoms with E-state index in [1.165, 1.54) is 0 Å². The van der Waals surface area contributed by atoms with Gasteiger partial charge < -0.3 is 15.6 Å². The molecular formula is C16H15NO2. The van der Waals surface area contributed by atoms with Crippen LogP contribution in [0.2, 0.25) is 0 Å². The number of anilines is 1. The Hall–Kier alpha value is -2.44. The number of aliphatic hydroxyl groups excluding tert-OH is 1. The van der Waals surface area contributed by atoms with Gasteiger partial charge in [0.2, 0.25) is 0 Å². The molecule has 0 heterocycles. The molecule has 19 heavy (non-hydrogen) atoms. The molecule has 1 unspecified atom stereocenters. The molecule has 0 bridgehead atoms. The van der Waals surface area contributed by atoms with Gasteiger partial charge in [0, 0.05) is 16.8 Å². The first-order valence-electron chi connectivity index (χ1n) is 5.89. The zero-order chi connectivity index (χ0) is 13.7. The Balaban J connectivity index is 2.27. The van der Waals surface area contributed by atoms with Crippen LogP contribution in [0.25, 0.3) is 0 Å². The molecule has 3 N–H and O–H groups in total. The number of nitrogen functional groups attached to an aromatic ring is 1. The number of ether oxygens (including phenoxy) is 1. The summed E-state index contributed by atoms with van der Waals surface area (Å²) in [5.74, 6) is 6.27. The zero-order valence-corrected chi connectivity index (χ0v) is 10.6.